The minimum Gasteiger partial charge on any atom is -0.275 e. The number of carbonyl (C=O) groups excluding carboxylic acids is 2. The van der Waals surface area contributed by atoms with Gasteiger partial charge < -0.3 is 0 Å². The van der Waals surface area contributed by atoms with Crippen LogP contribution in [0.25, 0.3) is 0 Å². The molecule has 0 radical (unpaired) electrons. The Bertz CT molecular complexity index is 424. The van der Waals surface area contributed by atoms with E-state index in [0.717, 1.165) is 13.8 Å². The van der Waals surface area contributed by atoms with Gasteiger partial charge in [0.1, 0.15) is 11.6 Å². The summed E-state index contributed by atoms with van der Waals surface area (Å²) in [6.07, 6.45) is 0. The number of hydrogen-bond acceptors (Lipinski definition) is 2. The largest absolute Gasteiger partial charge is 0.275 e. The van der Waals surface area contributed by atoms with Gasteiger partial charge in [0.2, 0.25) is 0 Å². The minimum absolute atomic E-state index is 0.327. The van der Waals surface area contributed by atoms with E-state index in [0.29, 0.717) is 0 Å². The quantitative estimate of drug-likeness (QED) is 0.770. The summed E-state index contributed by atoms with van der Waals surface area (Å²) in [6.45, 7) is 2.30. The smallest absolute Gasteiger partial charge is 0.255 e. The Morgan fingerprint density at radius 3 is 1.31 bits per heavy atom. The molecule has 0 N–H and O–H groups in total. The molecule has 1 rings (SSSR count). The Morgan fingerprint density at radius 1 is 0.875 bits per heavy atom. The molecule has 1 aromatic rings. The van der Waals surface area contributed by atoms with Crippen LogP contribution >= 0.6 is 23.2 Å². The number of carbonyl (C=O) groups is 2. The Hall–Kier alpha value is -1.00. The predicted octanol–water partition coefficient (Wildman–Crippen LogP) is 3.34. The summed E-state index contributed by atoms with van der Waals surface area (Å²) >= 11 is 10.3. The molecule has 0 aromatic heterocycles. The molecular formula is C10H6Cl2F2O2. The second-order valence-corrected chi connectivity index (χ2v) is 3.86. The first-order chi connectivity index (χ1) is 7.29. The maximum absolute atomic E-state index is 13.6. The zero-order chi connectivity index (χ0) is 12.6. The molecule has 0 amide bonds. The fraction of sp³-hybridized carbons (Fsp3) is 0.200. The van der Waals surface area contributed by atoms with Crippen molar-refractivity contribution in [3.05, 3.63) is 33.9 Å². The van der Waals surface area contributed by atoms with E-state index >= 15 is 0 Å². The van der Waals surface area contributed by atoms with Crippen molar-refractivity contribution in [2.45, 2.75) is 13.8 Å². The van der Waals surface area contributed by atoms with Crippen LogP contribution in [-0.2, 0) is 0 Å². The zero-order valence-corrected chi connectivity index (χ0v) is 9.84. The van der Waals surface area contributed by atoms with Crippen molar-refractivity contribution in [3.63, 3.8) is 0 Å². The van der Waals surface area contributed by atoms with Crippen LogP contribution in [0.3, 0.4) is 0 Å². The molecule has 0 spiro atoms. The molecule has 0 heterocycles. The number of rotatable bonds is 2. The highest BCUT2D eigenvalue weighted by Gasteiger charge is 2.25. The lowest BCUT2D eigenvalue weighted by molar-refractivity contribution is 0.106. The van der Waals surface area contributed by atoms with Crippen LogP contribution in [0, 0.1) is 25.5 Å². The van der Waals surface area contributed by atoms with Gasteiger partial charge in [-0.05, 0) is 37.0 Å². The van der Waals surface area contributed by atoms with E-state index in [1.165, 1.54) is 0 Å². The lowest BCUT2D eigenvalue weighted by atomic mass is 9.99. The Balaban J connectivity index is 3.77. The van der Waals surface area contributed by atoms with Crippen LogP contribution in [0.1, 0.15) is 31.8 Å². The molecule has 0 bridgehead atoms. The lowest BCUT2D eigenvalue weighted by Crippen LogP contribution is -2.10. The van der Waals surface area contributed by atoms with Crippen molar-refractivity contribution in [1.82, 2.24) is 0 Å². The van der Waals surface area contributed by atoms with Gasteiger partial charge in [0.25, 0.3) is 10.5 Å². The SMILES string of the molecule is Cc1c(F)c(C(=O)Cl)c(C)c(F)c1C(=O)Cl. The van der Waals surface area contributed by atoms with Gasteiger partial charge >= 0.3 is 0 Å². The van der Waals surface area contributed by atoms with Gasteiger partial charge in [0, 0.05) is 11.1 Å². The Kier molecular flexibility index (Phi) is 3.65. The first-order valence-corrected chi connectivity index (χ1v) is 4.92. The summed E-state index contributed by atoms with van der Waals surface area (Å²) in [6, 6.07) is 0. The van der Waals surface area contributed by atoms with Gasteiger partial charge in [0.05, 0.1) is 11.1 Å². The van der Waals surface area contributed by atoms with Gasteiger partial charge in [-0.1, -0.05) is 0 Å². The molecule has 0 aliphatic rings. The summed E-state index contributed by atoms with van der Waals surface area (Å²) < 4.78 is 27.3. The van der Waals surface area contributed by atoms with Crippen LogP contribution in [0.15, 0.2) is 0 Å². The van der Waals surface area contributed by atoms with Gasteiger partial charge in [0.15, 0.2) is 0 Å². The molecule has 0 atom stereocenters. The van der Waals surface area contributed by atoms with Crippen molar-refractivity contribution in [1.29, 1.82) is 0 Å². The van der Waals surface area contributed by atoms with Gasteiger partial charge in [-0.25, -0.2) is 8.78 Å². The molecule has 6 heteroatoms. The Morgan fingerprint density at radius 2 is 1.12 bits per heavy atom. The van der Waals surface area contributed by atoms with E-state index in [9.17, 15) is 18.4 Å². The molecule has 0 aliphatic heterocycles. The fourth-order valence-electron chi connectivity index (χ4n) is 1.39. The van der Waals surface area contributed by atoms with E-state index in [2.05, 4.69) is 0 Å². The van der Waals surface area contributed by atoms with Gasteiger partial charge in [-0.2, -0.15) is 0 Å². The van der Waals surface area contributed by atoms with Crippen LogP contribution < -0.4 is 0 Å². The maximum Gasteiger partial charge on any atom is 0.255 e. The standard InChI is InChI=1S/C10H6Cl2F2O2/c1-3-5(9(11)15)8(14)4(2)6(7(3)13)10(12)16/h1-2H3. The molecule has 0 fully saturated rings. The zero-order valence-electron chi connectivity index (χ0n) is 8.33. The molecule has 2 nitrogen and oxygen atoms in total. The predicted molar refractivity (Wildman–Crippen MR) is 56.2 cm³/mol. The molecule has 0 saturated carbocycles. The molecule has 0 saturated heterocycles. The summed E-state index contributed by atoms with van der Waals surface area (Å²) in [5.41, 5.74) is -1.80. The van der Waals surface area contributed by atoms with Gasteiger partial charge in [-0.15, -0.1) is 0 Å². The van der Waals surface area contributed by atoms with Crippen LogP contribution in [0.4, 0.5) is 8.78 Å². The van der Waals surface area contributed by atoms with E-state index in [4.69, 9.17) is 23.2 Å². The third-order valence-electron chi connectivity index (χ3n) is 2.24. The summed E-state index contributed by atoms with van der Waals surface area (Å²) in [4.78, 5) is 21.8. The molecule has 16 heavy (non-hydrogen) atoms. The molecule has 0 aliphatic carbocycles. The van der Waals surface area contributed by atoms with Crippen molar-refractivity contribution >= 4 is 33.7 Å². The average molecular weight is 267 g/mol. The highest BCUT2D eigenvalue weighted by atomic mass is 35.5. The topological polar surface area (TPSA) is 34.1 Å². The summed E-state index contributed by atoms with van der Waals surface area (Å²) in [5.74, 6) is -2.05. The van der Waals surface area contributed by atoms with Crippen molar-refractivity contribution in [2.75, 3.05) is 0 Å². The van der Waals surface area contributed by atoms with Crippen LogP contribution in [-0.4, -0.2) is 10.5 Å². The fourth-order valence-corrected chi connectivity index (χ4v) is 1.84. The number of hydrogen-bond donors (Lipinski definition) is 0. The van der Waals surface area contributed by atoms with Crippen molar-refractivity contribution in [3.8, 4) is 0 Å². The monoisotopic (exact) mass is 266 g/mol. The van der Waals surface area contributed by atoms with Crippen LogP contribution in [0.2, 0.25) is 0 Å². The second kappa shape index (κ2) is 4.47. The summed E-state index contributed by atoms with van der Waals surface area (Å²) in [7, 11) is 0. The van der Waals surface area contributed by atoms with Crippen molar-refractivity contribution in [2.24, 2.45) is 0 Å². The van der Waals surface area contributed by atoms with Crippen molar-refractivity contribution < 1.29 is 18.4 Å². The highest BCUT2D eigenvalue weighted by molar-refractivity contribution is 6.68. The van der Waals surface area contributed by atoms with Gasteiger partial charge in [-0.3, -0.25) is 9.59 Å². The van der Waals surface area contributed by atoms with E-state index in [1.54, 1.807) is 0 Å². The van der Waals surface area contributed by atoms with E-state index in [-0.39, 0.29) is 11.1 Å². The third-order valence-corrected chi connectivity index (χ3v) is 2.62. The second-order valence-electron chi connectivity index (χ2n) is 3.18. The number of benzene rings is 1. The molecular weight excluding hydrogens is 261 g/mol. The van der Waals surface area contributed by atoms with E-state index < -0.39 is 33.2 Å². The molecule has 86 valence electrons. The molecule has 1 aromatic carbocycles. The highest BCUT2D eigenvalue weighted by Crippen LogP contribution is 2.27. The maximum atomic E-state index is 13.6. The Labute approximate surface area is 100 Å². The number of halogens is 4. The first-order valence-electron chi connectivity index (χ1n) is 4.16. The lowest BCUT2D eigenvalue weighted by Gasteiger charge is -2.11. The minimum atomic E-state index is -1.12. The van der Waals surface area contributed by atoms with Crippen LogP contribution in [0.5, 0.6) is 0 Å². The third kappa shape index (κ3) is 1.95. The normalized spacial score (nSPS) is 10.4. The van der Waals surface area contributed by atoms with E-state index in [1.807, 2.05) is 0 Å². The first kappa shape index (κ1) is 13.1. The molecule has 0 unspecified atom stereocenters. The summed E-state index contributed by atoms with van der Waals surface area (Å²) in [5, 5.41) is -2.24. The average Bonchev–Trinajstić information content (AvgIpc) is 2.14.